The van der Waals surface area contributed by atoms with Crippen LogP contribution in [0.1, 0.15) is 31.7 Å². The van der Waals surface area contributed by atoms with Crippen molar-refractivity contribution in [2.45, 2.75) is 26.2 Å². The predicted molar refractivity (Wildman–Crippen MR) is 145 cm³/mol. The van der Waals surface area contributed by atoms with Crippen LogP contribution in [0.2, 0.25) is 0 Å². The molecular weight excluding hydrogens is 432 g/mol. The second-order valence-corrected chi connectivity index (χ2v) is 9.83. The Morgan fingerprint density at radius 2 is 1.37 bits per heavy atom. The van der Waals surface area contributed by atoms with Crippen LogP contribution in [0.25, 0.3) is 44.8 Å². The number of fused-ring (bicyclic) bond motifs is 2. The van der Waals surface area contributed by atoms with Crippen LogP contribution in [-0.2, 0) is 0 Å². The van der Waals surface area contributed by atoms with Gasteiger partial charge in [-0.05, 0) is 61.3 Å². The molecule has 1 atom stereocenters. The van der Waals surface area contributed by atoms with Crippen molar-refractivity contribution >= 4 is 27.8 Å². The van der Waals surface area contributed by atoms with E-state index in [4.69, 9.17) is 9.97 Å². The van der Waals surface area contributed by atoms with Gasteiger partial charge in [-0.1, -0.05) is 38.1 Å². The summed E-state index contributed by atoms with van der Waals surface area (Å²) in [4.78, 5) is 21.6. The van der Waals surface area contributed by atoms with Gasteiger partial charge >= 0.3 is 0 Å². The van der Waals surface area contributed by atoms with Crippen molar-refractivity contribution in [2.75, 3.05) is 38.1 Å². The summed E-state index contributed by atoms with van der Waals surface area (Å²) in [5, 5.41) is 0. The van der Waals surface area contributed by atoms with Crippen LogP contribution >= 0.6 is 0 Å². The second kappa shape index (κ2) is 8.86. The molecule has 1 aliphatic heterocycles. The molecule has 1 saturated heterocycles. The zero-order valence-electron chi connectivity index (χ0n) is 20.7. The third-order valence-corrected chi connectivity index (χ3v) is 7.45. The number of aromatic amines is 2. The average molecular weight is 465 g/mol. The minimum absolute atomic E-state index is 0.573. The van der Waals surface area contributed by atoms with Gasteiger partial charge in [-0.3, -0.25) is 0 Å². The summed E-state index contributed by atoms with van der Waals surface area (Å²) in [6, 6.07) is 21.6. The van der Waals surface area contributed by atoms with Crippen LogP contribution in [0, 0.1) is 0 Å². The first kappa shape index (κ1) is 21.9. The largest absolute Gasteiger partial charge is 0.369 e. The minimum atomic E-state index is 0.573. The maximum absolute atomic E-state index is 4.87. The molecule has 1 aliphatic rings. The number of nitrogens with zero attached hydrogens (tertiary/aromatic N) is 4. The molecule has 6 nitrogen and oxygen atoms in total. The van der Waals surface area contributed by atoms with E-state index in [-0.39, 0.29) is 0 Å². The Balaban J connectivity index is 1.28. The molecule has 0 amide bonds. The fourth-order valence-electron chi connectivity index (χ4n) is 4.89. The van der Waals surface area contributed by atoms with Crippen LogP contribution in [0.4, 0.5) is 5.69 Å². The summed E-state index contributed by atoms with van der Waals surface area (Å²) >= 11 is 0. The lowest BCUT2D eigenvalue weighted by molar-refractivity contribution is 0.313. The van der Waals surface area contributed by atoms with E-state index in [9.17, 15) is 0 Å². The topological polar surface area (TPSA) is 63.8 Å². The lowest BCUT2D eigenvalue weighted by Gasteiger charge is -2.34. The molecule has 3 heterocycles. The van der Waals surface area contributed by atoms with Crippen molar-refractivity contribution in [1.82, 2.24) is 24.8 Å². The highest BCUT2D eigenvalue weighted by molar-refractivity contribution is 5.87. The van der Waals surface area contributed by atoms with Crippen molar-refractivity contribution in [2.24, 2.45) is 0 Å². The van der Waals surface area contributed by atoms with Gasteiger partial charge in [-0.2, -0.15) is 0 Å². The van der Waals surface area contributed by atoms with E-state index >= 15 is 0 Å². The van der Waals surface area contributed by atoms with E-state index in [0.29, 0.717) is 5.92 Å². The van der Waals surface area contributed by atoms with E-state index in [1.165, 1.54) is 11.3 Å². The van der Waals surface area contributed by atoms with Crippen molar-refractivity contribution in [3.63, 3.8) is 0 Å². The number of H-pyrrole nitrogens is 2. The summed E-state index contributed by atoms with van der Waals surface area (Å²) in [6.07, 6.45) is 1.14. The predicted octanol–water partition coefficient (Wildman–Crippen LogP) is 6.04. The lowest BCUT2D eigenvalue weighted by atomic mass is 9.97. The SMILES string of the molecule is CCC(C)c1ccc(-c2nc3ccc(-c4nc5ccc(N6CCN(C)CC6)cc5[nH]4)cc3[nH]2)cc1. The number of imidazole rings is 2. The zero-order valence-corrected chi connectivity index (χ0v) is 20.7. The van der Waals surface area contributed by atoms with Crippen molar-refractivity contribution in [3.05, 3.63) is 66.2 Å². The van der Waals surface area contributed by atoms with Gasteiger partial charge in [0.25, 0.3) is 0 Å². The van der Waals surface area contributed by atoms with Crippen LogP contribution in [0.5, 0.6) is 0 Å². The molecule has 0 bridgehead atoms. The molecule has 3 aromatic carbocycles. The molecular formula is C29H32N6. The highest BCUT2D eigenvalue weighted by atomic mass is 15.2. The van der Waals surface area contributed by atoms with Crippen LogP contribution in [0.3, 0.4) is 0 Å². The normalized spacial score (nSPS) is 15.8. The summed E-state index contributed by atoms with van der Waals surface area (Å²) < 4.78 is 0. The van der Waals surface area contributed by atoms with E-state index in [0.717, 1.165) is 77.4 Å². The number of anilines is 1. The Morgan fingerprint density at radius 1 is 0.771 bits per heavy atom. The number of rotatable bonds is 5. The number of benzene rings is 3. The number of nitrogens with one attached hydrogen (secondary N) is 2. The van der Waals surface area contributed by atoms with E-state index in [1.807, 2.05) is 0 Å². The number of hydrogen-bond acceptors (Lipinski definition) is 4. The van der Waals surface area contributed by atoms with Crippen molar-refractivity contribution < 1.29 is 0 Å². The fraction of sp³-hybridized carbons (Fsp3) is 0.310. The summed E-state index contributed by atoms with van der Waals surface area (Å²) in [5.74, 6) is 2.35. The quantitative estimate of drug-likeness (QED) is 0.333. The van der Waals surface area contributed by atoms with E-state index in [1.54, 1.807) is 0 Å². The minimum Gasteiger partial charge on any atom is -0.369 e. The fourth-order valence-corrected chi connectivity index (χ4v) is 4.89. The smallest absolute Gasteiger partial charge is 0.138 e. The van der Waals surface area contributed by atoms with Gasteiger partial charge in [-0.25, -0.2) is 9.97 Å². The first-order chi connectivity index (χ1) is 17.1. The molecule has 1 unspecified atom stereocenters. The molecule has 1 fully saturated rings. The Bertz CT molecular complexity index is 1470. The van der Waals surface area contributed by atoms with E-state index < -0.39 is 0 Å². The van der Waals surface area contributed by atoms with Crippen LogP contribution in [0.15, 0.2) is 60.7 Å². The average Bonchev–Trinajstić information content (AvgIpc) is 3.52. The molecule has 5 aromatic rings. The van der Waals surface area contributed by atoms with Gasteiger partial charge in [0.2, 0.25) is 0 Å². The summed E-state index contributed by atoms with van der Waals surface area (Å²) in [7, 11) is 2.19. The monoisotopic (exact) mass is 464 g/mol. The molecule has 0 spiro atoms. The van der Waals surface area contributed by atoms with Crippen molar-refractivity contribution in [3.8, 4) is 22.8 Å². The molecule has 2 aromatic heterocycles. The maximum Gasteiger partial charge on any atom is 0.138 e. The zero-order chi connectivity index (χ0) is 23.9. The molecule has 0 saturated carbocycles. The Morgan fingerprint density at radius 3 is 2.06 bits per heavy atom. The molecule has 35 heavy (non-hydrogen) atoms. The van der Waals surface area contributed by atoms with Crippen LogP contribution in [-0.4, -0.2) is 58.1 Å². The summed E-state index contributed by atoms with van der Waals surface area (Å²) in [6.45, 7) is 8.80. The number of hydrogen-bond donors (Lipinski definition) is 2. The van der Waals surface area contributed by atoms with Gasteiger partial charge in [0.05, 0.1) is 22.1 Å². The highest BCUT2D eigenvalue weighted by Crippen LogP contribution is 2.29. The number of likely N-dealkylation sites (N-methyl/N-ethyl adjacent to an activating group) is 1. The molecule has 6 rings (SSSR count). The first-order valence-corrected chi connectivity index (χ1v) is 12.6. The third-order valence-electron chi connectivity index (χ3n) is 7.45. The molecule has 178 valence electrons. The van der Waals surface area contributed by atoms with Gasteiger partial charge in [0.15, 0.2) is 0 Å². The van der Waals surface area contributed by atoms with Gasteiger partial charge in [-0.15, -0.1) is 0 Å². The Labute approximate surface area is 206 Å². The second-order valence-electron chi connectivity index (χ2n) is 9.83. The molecule has 0 radical (unpaired) electrons. The number of piperazine rings is 1. The number of aromatic nitrogens is 4. The van der Waals surface area contributed by atoms with Gasteiger partial charge in [0.1, 0.15) is 11.6 Å². The molecule has 2 N–H and O–H groups in total. The molecule has 0 aliphatic carbocycles. The first-order valence-electron chi connectivity index (χ1n) is 12.6. The lowest BCUT2D eigenvalue weighted by Crippen LogP contribution is -2.44. The van der Waals surface area contributed by atoms with Crippen LogP contribution < -0.4 is 4.90 Å². The van der Waals surface area contributed by atoms with Crippen molar-refractivity contribution in [1.29, 1.82) is 0 Å². The standard InChI is InChI=1S/C29H32N6/c1-4-19(2)20-5-7-21(8-6-20)28-30-24-11-9-22(17-26(24)32-28)29-31-25-12-10-23(18-27(25)33-29)35-15-13-34(3)14-16-35/h5-12,17-19H,4,13-16H2,1-3H3,(H,30,32)(H,31,33). The Kier molecular flexibility index (Phi) is 5.53. The maximum atomic E-state index is 4.87. The highest BCUT2D eigenvalue weighted by Gasteiger charge is 2.16. The Hall–Kier alpha value is -3.64. The molecule has 6 heteroatoms. The van der Waals surface area contributed by atoms with Gasteiger partial charge in [0, 0.05) is 43.0 Å². The van der Waals surface area contributed by atoms with Gasteiger partial charge < -0.3 is 19.8 Å². The van der Waals surface area contributed by atoms with E-state index in [2.05, 4.69) is 101 Å². The third kappa shape index (κ3) is 4.19. The summed E-state index contributed by atoms with van der Waals surface area (Å²) in [5.41, 5.74) is 8.83.